The van der Waals surface area contributed by atoms with E-state index in [2.05, 4.69) is 5.32 Å². The summed E-state index contributed by atoms with van der Waals surface area (Å²) in [5.41, 5.74) is 2.15. The zero-order valence-corrected chi connectivity index (χ0v) is 18.5. The number of nitrogens with one attached hydrogen (secondary N) is 1. The van der Waals surface area contributed by atoms with Crippen molar-refractivity contribution < 1.29 is 18.3 Å². The summed E-state index contributed by atoms with van der Waals surface area (Å²) in [7, 11) is 1.52. The highest BCUT2D eigenvalue weighted by Gasteiger charge is 2.22. The van der Waals surface area contributed by atoms with Gasteiger partial charge in [0.25, 0.3) is 11.3 Å². The van der Waals surface area contributed by atoms with Gasteiger partial charge in [-0.1, -0.05) is 49.1 Å². The van der Waals surface area contributed by atoms with E-state index < -0.39 is 11.3 Å². The maximum Gasteiger partial charge on any atom is 0.262 e. The maximum absolute atomic E-state index is 12.4. The van der Waals surface area contributed by atoms with Crippen molar-refractivity contribution in [2.24, 2.45) is 5.92 Å². The predicted molar refractivity (Wildman–Crippen MR) is 120 cm³/mol. The van der Waals surface area contributed by atoms with Gasteiger partial charge in [-0.15, -0.1) is 0 Å². The molecule has 0 bridgehead atoms. The summed E-state index contributed by atoms with van der Waals surface area (Å²) in [6.07, 6.45) is 5.29. The first-order chi connectivity index (χ1) is 14.5. The Balaban J connectivity index is 1.76. The number of rotatable bonds is 8. The molecule has 0 radical (unpaired) electrons. The third-order valence-electron chi connectivity index (χ3n) is 5.38. The Morgan fingerprint density at radius 2 is 1.83 bits per heavy atom. The minimum Gasteiger partial charge on any atom is -0.495 e. The SMILES string of the molecule is COc1ccc(CNC(=O)C2CCCCC2)cc1N(Cc1ccc(Cl)cc1)S(=O)O. The standard InChI is InChI=1S/C22H27ClN2O4S/c1-29-21-12-9-17(14-24-22(26)18-5-3-2-4-6-18)13-20(21)25(30(27)28)15-16-7-10-19(23)11-8-16/h7-13,18H,2-6,14-15H2,1H3,(H,24,26)(H,27,28). The third-order valence-corrected chi connectivity index (χ3v) is 6.34. The molecule has 1 aliphatic rings. The molecule has 8 heteroatoms. The second-order valence-electron chi connectivity index (χ2n) is 7.45. The Morgan fingerprint density at radius 1 is 1.17 bits per heavy atom. The van der Waals surface area contributed by atoms with Gasteiger partial charge in [0.05, 0.1) is 19.3 Å². The number of nitrogens with zero attached hydrogens (tertiary/aromatic N) is 1. The second-order valence-corrected chi connectivity index (χ2v) is 8.79. The van der Waals surface area contributed by atoms with Crippen LogP contribution >= 0.6 is 11.6 Å². The van der Waals surface area contributed by atoms with Crippen molar-refractivity contribution in [3.8, 4) is 5.75 Å². The number of hydrogen-bond acceptors (Lipinski definition) is 3. The lowest BCUT2D eigenvalue weighted by atomic mass is 9.88. The number of carbonyl (C=O) groups is 1. The van der Waals surface area contributed by atoms with Gasteiger partial charge in [0, 0.05) is 17.5 Å². The molecule has 0 heterocycles. The van der Waals surface area contributed by atoms with Crippen molar-refractivity contribution in [1.29, 1.82) is 0 Å². The summed E-state index contributed by atoms with van der Waals surface area (Å²) in [6.45, 7) is 0.563. The van der Waals surface area contributed by atoms with Crippen molar-refractivity contribution in [2.45, 2.75) is 45.2 Å². The summed E-state index contributed by atoms with van der Waals surface area (Å²) >= 11 is 3.67. The molecule has 2 N–H and O–H groups in total. The maximum atomic E-state index is 12.4. The molecular weight excluding hydrogens is 424 g/mol. The Hall–Kier alpha value is -2.09. The van der Waals surface area contributed by atoms with Crippen molar-refractivity contribution >= 4 is 34.5 Å². The van der Waals surface area contributed by atoms with Crippen LogP contribution in [0.5, 0.6) is 5.75 Å². The Labute approximate surface area is 185 Å². The van der Waals surface area contributed by atoms with E-state index in [1.807, 2.05) is 18.2 Å². The van der Waals surface area contributed by atoms with Crippen LogP contribution in [-0.2, 0) is 29.2 Å². The van der Waals surface area contributed by atoms with Crippen LogP contribution < -0.4 is 14.4 Å². The minimum atomic E-state index is -2.26. The molecule has 1 amide bonds. The van der Waals surface area contributed by atoms with Crippen LogP contribution in [0.2, 0.25) is 5.02 Å². The molecule has 1 unspecified atom stereocenters. The molecule has 2 aromatic rings. The Morgan fingerprint density at radius 3 is 2.47 bits per heavy atom. The highest BCUT2D eigenvalue weighted by molar-refractivity contribution is 7.80. The zero-order chi connectivity index (χ0) is 21.5. The Kier molecular flexibility index (Phi) is 8.13. The number of halogens is 1. The normalized spacial score (nSPS) is 15.4. The monoisotopic (exact) mass is 450 g/mol. The number of anilines is 1. The average molecular weight is 451 g/mol. The summed E-state index contributed by atoms with van der Waals surface area (Å²) in [5, 5.41) is 3.61. The third kappa shape index (κ3) is 5.97. The zero-order valence-electron chi connectivity index (χ0n) is 17.0. The van der Waals surface area contributed by atoms with Crippen molar-refractivity contribution in [3.63, 3.8) is 0 Å². The number of methoxy groups -OCH3 is 1. The van der Waals surface area contributed by atoms with E-state index in [9.17, 15) is 13.6 Å². The number of carbonyl (C=O) groups excluding carboxylic acids is 1. The lowest BCUT2D eigenvalue weighted by Crippen LogP contribution is -2.31. The summed E-state index contributed by atoms with van der Waals surface area (Å²) in [4.78, 5) is 12.4. The van der Waals surface area contributed by atoms with Crippen LogP contribution in [0.4, 0.5) is 5.69 Å². The molecule has 0 saturated heterocycles. The van der Waals surface area contributed by atoms with Gasteiger partial charge in [-0.25, -0.2) is 4.21 Å². The van der Waals surface area contributed by atoms with Gasteiger partial charge >= 0.3 is 0 Å². The molecule has 1 atom stereocenters. The fourth-order valence-corrected chi connectivity index (χ4v) is 4.42. The van der Waals surface area contributed by atoms with Gasteiger partial charge in [-0.3, -0.25) is 13.7 Å². The number of hydrogen-bond donors (Lipinski definition) is 2. The molecule has 0 spiro atoms. The first-order valence-corrected chi connectivity index (χ1v) is 11.5. The highest BCUT2D eigenvalue weighted by atomic mass is 35.5. The van der Waals surface area contributed by atoms with E-state index in [4.69, 9.17) is 16.3 Å². The van der Waals surface area contributed by atoms with Crippen LogP contribution in [0, 0.1) is 5.92 Å². The topological polar surface area (TPSA) is 78.9 Å². The lowest BCUT2D eigenvalue weighted by molar-refractivity contribution is -0.126. The van der Waals surface area contributed by atoms with E-state index in [1.54, 1.807) is 24.3 Å². The number of ether oxygens (including phenoxy) is 1. The molecule has 162 valence electrons. The molecule has 1 saturated carbocycles. The van der Waals surface area contributed by atoms with Crippen molar-refractivity contribution in [2.75, 3.05) is 11.4 Å². The molecular formula is C22H27ClN2O4S. The van der Waals surface area contributed by atoms with E-state index in [1.165, 1.54) is 17.8 Å². The van der Waals surface area contributed by atoms with Gasteiger partial charge in [-0.05, 0) is 48.2 Å². The quantitative estimate of drug-likeness (QED) is 0.572. The van der Waals surface area contributed by atoms with E-state index in [-0.39, 0.29) is 18.4 Å². The molecule has 30 heavy (non-hydrogen) atoms. The molecule has 1 aliphatic carbocycles. The lowest BCUT2D eigenvalue weighted by Gasteiger charge is -2.24. The van der Waals surface area contributed by atoms with Gasteiger partial charge in [0.15, 0.2) is 0 Å². The Bertz CT molecular complexity index is 885. The highest BCUT2D eigenvalue weighted by Crippen LogP contribution is 2.32. The molecule has 6 nitrogen and oxygen atoms in total. The van der Waals surface area contributed by atoms with Crippen LogP contribution in [0.1, 0.15) is 43.2 Å². The fourth-order valence-electron chi connectivity index (χ4n) is 3.72. The van der Waals surface area contributed by atoms with Crippen molar-refractivity contribution in [1.82, 2.24) is 5.32 Å². The molecule has 3 rings (SSSR count). The summed E-state index contributed by atoms with van der Waals surface area (Å²) < 4.78 is 28.8. The molecule has 0 aliphatic heterocycles. The molecule has 0 aromatic heterocycles. The van der Waals surface area contributed by atoms with E-state index in [0.29, 0.717) is 23.0 Å². The first kappa shape index (κ1) is 22.6. The van der Waals surface area contributed by atoms with Crippen LogP contribution in [0.3, 0.4) is 0 Å². The smallest absolute Gasteiger partial charge is 0.262 e. The van der Waals surface area contributed by atoms with Crippen molar-refractivity contribution in [3.05, 3.63) is 58.6 Å². The fraction of sp³-hybridized carbons (Fsp3) is 0.409. The summed E-state index contributed by atoms with van der Waals surface area (Å²) in [5.74, 6) is 0.646. The van der Waals surface area contributed by atoms with Crippen LogP contribution in [-0.4, -0.2) is 21.8 Å². The van der Waals surface area contributed by atoms with Crippen LogP contribution in [0.25, 0.3) is 0 Å². The van der Waals surface area contributed by atoms with Gasteiger partial charge < -0.3 is 10.1 Å². The first-order valence-electron chi connectivity index (χ1n) is 10.1. The largest absolute Gasteiger partial charge is 0.495 e. The molecule has 2 aromatic carbocycles. The average Bonchev–Trinajstić information content (AvgIpc) is 2.77. The van der Waals surface area contributed by atoms with Crippen LogP contribution in [0.15, 0.2) is 42.5 Å². The number of benzene rings is 2. The minimum absolute atomic E-state index is 0.0795. The number of amides is 1. The summed E-state index contributed by atoms with van der Waals surface area (Å²) in [6, 6.07) is 12.5. The predicted octanol–water partition coefficient (Wildman–Crippen LogP) is 4.69. The molecule has 1 fully saturated rings. The van der Waals surface area contributed by atoms with Gasteiger partial charge in [0.1, 0.15) is 5.75 Å². The van der Waals surface area contributed by atoms with E-state index >= 15 is 0 Å². The van der Waals surface area contributed by atoms with E-state index in [0.717, 1.165) is 36.8 Å². The van der Waals surface area contributed by atoms with Gasteiger partial charge in [0.2, 0.25) is 5.91 Å². The van der Waals surface area contributed by atoms with Gasteiger partial charge in [-0.2, -0.15) is 0 Å². The second kappa shape index (κ2) is 10.8.